The maximum absolute atomic E-state index is 12.1. The molecule has 7 nitrogen and oxygen atoms in total. The fourth-order valence-electron chi connectivity index (χ4n) is 1.96. The quantitative estimate of drug-likeness (QED) is 0.663. The minimum absolute atomic E-state index is 0.284. The normalized spacial score (nSPS) is 21.5. The Hall–Kier alpha value is -2.44. The molecule has 0 bridgehead atoms. The van der Waals surface area contributed by atoms with Gasteiger partial charge in [0.1, 0.15) is 0 Å². The van der Waals surface area contributed by atoms with Gasteiger partial charge >= 0.3 is 11.9 Å². The monoisotopic (exact) mass is 309 g/mol. The van der Waals surface area contributed by atoms with Gasteiger partial charge in [0, 0.05) is 16.7 Å². The minimum atomic E-state index is -1.42. The summed E-state index contributed by atoms with van der Waals surface area (Å²) in [5, 5.41) is 20.8. The number of ketones is 1. The summed E-state index contributed by atoms with van der Waals surface area (Å²) < 4.78 is 0. The van der Waals surface area contributed by atoms with E-state index < -0.39 is 34.6 Å². The summed E-state index contributed by atoms with van der Waals surface area (Å²) in [6, 6.07) is 0. The Morgan fingerprint density at radius 1 is 1.18 bits per heavy atom. The molecule has 0 radical (unpaired) electrons. The van der Waals surface area contributed by atoms with E-state index in [1.807, 2.05) is 0 Å². The van der Waals surface area contributed by atoms with Crippen LogP contribution in [0.4, 0.5) is 0 Å². The van der Waals surface area contributed by atoms with E-state index in [1.165, 1.54) is 13.0 Å². The summed E-state index contributed by atoms with van der Waals surface area (Å²) in [4.78, 5) is 46.6. The molecule has 1 amide bonds. The van der Waals surface area contributed by atoms with E-state index in [4.69, 9.17) is 5.11 Å². The third-order valence-corrected chi connectivity index (χ3v) is 3.17. The minimum Gasteiger partial charge on any atom is -0.481 e. The van der Waals surface area contributed by atoms with Crippen LogP contribution in [0.2, 0.25) is 0 Å². The topological polar surface area (TPSA) is 121 Å². The van der Waals surface area contributed by atoms with Crippen LogP contribution in [0, 0.1) is 5.41 Å². The molecule has 3 N–H and O–H groups in total. The SMILES string of the molecule is CC(C)(C)NC(=O)C(=O)C1=C(C(=O)O)CC(C)(C(=O)O)C=C1. The second kappa shape index (κ2) is 5.75. The number of carbonyl (C=O) groups excluding carboxylic acids is 2. The Labute approximate surface area is 127 Å². The molecule has 0 aliphatic heterocycles. The number of carboxylic acid groups (broad SMARTS) is 2. The number of hydrogen-bond donors (Lipinski definition) is 3. The zero-order valence-electron chi connectivity index (χ0n) is 12.9. The van der Waals surface area contributed by atoms with E-state index in [1.54, 1.807) is 20.8 Å². The van der Waals surface area contributed by atoms with Gasteiger partial charge in [0.15, 0.2) is 0 Å². The highest BCUT2D eigenvalue weighted by Gasteiger charge is 2.39. The molecule has 0 heterocycles. The van der Waals surface area contributed by atoms with Crippen molar-refractivity contribution in [3.63, 3.8) is 0 Å². The van der Waals surface area contributed by atoms with Crippen LogP contribution in [0.1, 0.15) is 34.1 Å². The predicted molar refractivity (Wildman–Crippen MR) is 77.1 cm³/mol. The van der Waals surface area contributed by atoms with Crippen LogP contribution in [-0.4, -0.2) is 39.4 Å². The van der Waals surface area contributed by atoms with Gasteiger partial charge in [-0.25, -0.2) is 4.79 Å². The molecule has 1 aliphatic carbocycles. The van der Waals surface area contributed by atoms with Gasteiger partial charge in [0.25, 0.3) is 11.7 Å². The molecule has 0 aromatic carbocycles. The fourth-order valence-corrected chi connectivity index (χ4v) is 1.96. The van der Waals surface area contributed by atoms with E-state index in [0.717, 1.165) is 6.08 Å². The van der Waals surface area contributed by atoms with Crippen molar-refractivity contribution in [3.05, 3.63) is 23.3 Å². The average molecular weight is 309 g/mol. The number of hydrogen-bond acceptors (Lipinski definition) is 4. The first kappa shape index (κ1) is 17.6. The van der Waals surface area contributed by atoms with Gasteiger partial charge in [0.2, 0.25) is 0 Å². The lowest BCUT2D eigenvalue weighted by atomic mass is 9.77. The largest absolute Gasteiger partial charge is 0.481 e. The Bertz CT molecular complexity index is 608. The summed E-state index contributed by atoms with van der Waals surface area (Å²) >= 11 is 0. The van der Waals surface area contributed by atoms with E-state index in [9.17, 15) is 24.3 Å². The number of nitrogens with one attached hydrogen (secondary N) is 1. The summed E-state index contributed by atoms with van der Waals surface area (Å²) in [5.74, 6) is -4.53. The first-order chi connectivity index (χ1) is 9.87. The molecular formula is C15H19NO6. The average Bonchev–Trinajstić information content (AvgIpc) is 2.35. The number of carboxylic acids is 2. The molecule has 0 fully saturated rings. The molecule has 0 aromatic rings. The highest BCUT2D eigenvalue weighted by molar-refractivity contribution is 6.44. The van der Waals surface area contributed by atoms with Gasteiger partial charge in [-0.15, -0.1) is 0 Å². The Morgan fingerprint density at radius 2 is 1.73 bits per heavy atom. The highest BCUT2D eigenvalue weighted by atomic mass is 16.4. The molecule has 1 aliphatic rings. The van der Waals surface area contributed by atoms with Crippen molar-refractivity contribution >= 4 is 23.6 Å². The first-order valence-electron chi connectivity index (χ1n) is 6.63. The molecule has 120 valence electrons. The highest BCUT2D eigenvalue weighted by Crippen LogP contribution is 2.34. The number of allylic oxidation sites excluding steroid dienone is 1. The van der Waals surface area contributed by atoms with Gasteiger partial charge < -0.3 is 15.5 Å². The van der Waals surface area contributed by atoms with Crippen molar-refractivity contribution in [2.24, 2.45) is 5.41 Å². The second-order valence-electron chi connectivity index (χ2n) is 6.46. The van der Waals surface area contributed by atoms with Crippen LogP contribution in [0.25, 0.3) is 0 Å². The lowest BCUT2D eigenvalue weighted by Gasteiger charge is -2.26. The van der Waals surface area contributed by atoms with Crippen LogP contribution in [0.5, 0.6) is 0 Å². The van der Waals surface area contributed by atoms with Crippen LogP contribution in [-0.2, 0) is 19.2 Å². The molecule has 0 spiro atoms. The molecular weight excluding hydrogens is 290 g/mol. The third-order valence-electron chi connectivity index (χ3n) is 3.17. The van der Waals surface area contributed by atoms with E-state index in [-0.39, 0.29) is 17.6 Å². The molecule has 0 saturated carbocycles. The third kappa shape index (κ3) is 3.81. The summed E-state index contributed by atoms with van der Waals surface area (Å²) in [5.41, 5.74) is -2.72. The summed E-state index contributed by atoms with van der Waals surface area (Å²) in [7, 11) is 0. The van der Waals surface area contributed by atoms with Crippen molar-refractivity contribution in [3.8, 4) is 0 Å². The van der Waals surface area contributed by atoms with Gasteiger partial charge in [-0.3, -0.25) is 14.4 Å². The van der Waals surface area contributed by atoms with E-state index in [2.05, 4.69) is 5.32 Å². The summed E-state index contributed by atoms with van der Waals surface area (Å²) in [6.45, 7) is 6.40. The van der Waals surface area contributed by atoms with Crippen LogP contribution in [0.3, 0.4) is 0 Å². The molecule has 0 saturated heterocycles. The number of amides is 1. The lowest BCUT2D eigenvalue weighted by Crippen LogP contribution is -2.45. The zero-order valence-corrected chi connectivity index (χ0v) is 12.9. The van der Waals surface area contributed by atoms with Crippen molar-refractivity contribution in [2.75, 3.05) is 0 Å². The van der Waals surface area contributed by atoms with Crippen molar-refractivity contribution in [2.45, 2.75) is 39.7 Å². The van der Waals surface area contributed by atoms with Gasteiger partial charge in [-0.2, -0.15) is 0 Å². The first-order valence-corrected chi connectivity index (χ1v) is 6.63. The number of Topliss-reactive ketones (excluding diaryl/α,β-unsaturated/α-hetero) is 1. The molecule has 1 atom stereocenters. The standard InChI is InChI=1S/C15H19NO6/c1-14(2,3)16-11(18)10(17)8-5-6-15(4,13(21)22)7-9(8)12(19)20/h5-6H,7H2,1-4H3,(H,16,18)(H,19,20)(H,21,22). The van der Waals surface area contributed by atoms with Crippen LogP contribution < -0.4 is 5.32 Å². The molecule has 7 heteroatoms. The zero-order chi connectivity index (χ0) is 17.3. The number of carbonyl (C=O) groups is 4. The van der Waals surface area contributed by atoms with Crippen molar-refractivity contribution in [1.82, 2.24) is 5.32 Å². The predicted octanol–water partition coefficient (Wildman–Crippen LogP) is 0.902. The van der Waals surface area contributed by atoms with E-state index >= 15 is 0 Å². The van der Waals surface area contributed by atoms with E-state index in [0.29, 0.717) is 0 Å². The molecule has 0 aromatic heterocycles. The molecule has 1 rings (SSSR count). The maximum Gasteiger partial charge on any atom is 0.332 e. The molecule has 22 heavy (non-hydrogen) atoms. The fraction of sp³-hybridized carbons (Fsp3) is 0.467. The van der Waals surface area contributed by atoms with Gasteiger partial charge in [-0.1, -0.05) is 12.2 Å². The van der Waals surface area contributed by atoms with Gasteiger partial charge in [-0.05, 0) is 34.1 Å². The molecule has 1 unspecified atom stereocenters. The Morgan fingerprint density at radius 3 is 2.14 bits per heavy atom. The van der Waals surface area contributed by atoms with Crippen molar-refractivity contribution in [1.29, 1.82) is 0 Å². The van der Waals surface area contributed by atoms with Crippen LogP contribution in [0.15, 0.2) is 23.3 Å². The second-order valence-corrected chi connectivity index (χ2v) is 6.46. The van der Waals surface area contributed by atoms with Gasteiger partial charge in [0.05, 0.1) is 5.41 Å². The Kier molecular flexibility index (Phi) is 4.60. The Balaban J connectivity index is 3.19. The van der Waals surface area contributed by atoms with Crippen molar-refractivity contribution < 1.29 is 29.4 Å². The van der Waals surface area contributed by atoms with Crippen LogP contribution >= 0.6 is 0 Å². The summed E-state index contributed by atoms with van der Waals surface area (Å²) in [6.07, 6.45) is 1.98. The smallest absolute Gasteiger partial charge is 0.332 e. The number of aliphatic carboxylic acids is 2. The number of rotatable bonds is 4. The maximum atomic E-state index is 12.1. The lowest BCUT2D eigenvalue weighted by molar-refractivity contribution is -0.145.